The van der Waals surface area contributed by atoms with E-state index in [1.165, 1.54) is 0 Å². The summed E-state index contributed by atoms with van der Waals surface area (Å²) in [5.41, 5.74) is 0.568. The quantitative estimate of drug-likeness (QED) is 0.721. The van der Waals surface area contributed by atoms with Gasteiger partial charge < -0.3 is 14.1 Å². The fourth-order valence-electron chi connectivity index (χ4n) is 3.11. The van der Waals surface area contributed by atoms with Crippen LogP contribution in [0.25, 0.3) is 10.8 Å². The van der Waals surface area contributed by atoms with Gasteiger partial charge in [-0.3, -0.25) is 9.78 Å². The molecule has 7 heteroatoms. The molecular formula is C19H20N4O3. The lowest BCUT2D eigenvalue weighted by Crippen LogP contribution is -2.43. The van der Waals surface area contributed by atoms with Crippen LogP contribution in [0.15, 0.2) is 41.1 Å². The van der Waals surface area contributed by atoms with Gasteiger partial charge in [-0.25, -0.2) is 0 Å². The van der Waals surface area contributed by atoms with E-state index in [9.17, 15) is 4.79 Å². The molecule has 2 aromatic heterocycles. The second-order valence-corrected chi connectivity index (χ2v) is 6.63. The van der Waals surface area contributed by atoms with E-state index in [1.807, 2.05) is 38.1 Å². The number of hydrogen-bond acceptors (Lipinski definition) is 6. The first-order valence-corrected chi connectivity index (χ1v) is 8.70. The number of morpholine rings is 1. The molecule has 0 aliphatic carbocycles. The molecule has 0 saturated carbocycles. The van der Waals surface area contributed by atoms with Crippen molar-refractivity contribution in [1.29, 1.82) is 0 Å². The second-order valence-electron chi connectivity index (χ2n) is 6.63. The predicted octanol–water partition coefficient (Wildman–Crippen LogP) is 2.95. The van der Waals surface area contributed by atoms with Gasteiger partial charge in [0, 0.05) is 30.2 Å². The summed E-state index contributed by atoms with van der Waals surface area (Å²) < 4.78 is 11.3. The fraction of sp³-hybridized carbons (Fsp3) is 0.368. The van der Waals surface area contributed by atoms with E-state index in [0.29, 0.717) is 37.1 Å². The number of carbonyl (C=O) groups is 1. The lowest BCUT2D eigenvalue weighted by Gasteiger charge is -2.33. The van der Waals surface area contributed by atoms with Crippen LogP contribution in [0.4, 0.5) is 0 Å². The van der Waals surface area contributed by atoms with Crippen molar-refractivity contribution in [2.24, 2.45) is 0 Å². The molecule has 1 aliphatic rings. The highest BCUT2D eigenvalue weighted by Gasteiger charge is 2.34. The van der Waals surface area contributed by atoms with Gasteiger partial charge in [0.25, 0.3) is 5.91 Å². The first-order valence-electron chi connectivity index (χ1n) is 8.70. The normalized spacial score (nSPS) is 17.8. The van der Waals surface area contributed by atoms with Crippen molar-refractivity contribution in [3.63, 3.8) is 0 Å². The van der Waals surface area contributed by atoms with Crippen LogP contribution in [0.2, 0.25) is 0 Å². The van der Waals surface area contributed by atoms with Gasteiger partial charge >= 0.3 is 0 Å². The van der Waals surface area contributed by atoms with E-state index in [0.717, 1.165) is 10.8 Å². The first kappa shape index (κ1) is 16.7. The van der Waals surface area contributed by atoms with Crippen molar-refractivity contribution >= 4 is 16.7 Å². The zero-order valence-corrected chi connectivity index (χ0v) is 14.8. The van der Waals surface area contributed by atoms with Crippen LogP contribution in [0.3, 0.4) is 0 Å². The van der Waals surface area contributed by atoms with Gasteiger partial charge in [0.1, 0.15) is 6.04 Å². The van der Waals surface area contributed by atoms with Crippen molar-refractivity contribution < 1.29 is 13.9 Å². The number of nitrogens with zero attached hydrogens (tertiary/aromatic N) is 4. The third kappa shape index (κ3) is 2.94. The average molecular weight is 352 g/mol. The topological polar surface area (TPSA) is 81.4 Å². The van der Waals surface area contributed by atoms with Gasteiger partial charge in [-0.15, -0.1) is 10.2 Å². The Labute approximate surface area is 151 Å². The smallest absolute Gasteiger partial charge is 0.256 e. The molecule has 4 rings (SSSR count). The van der Waals surface area contributed by atoms with Crippen LogP contribution in [-0.4, -0.2) is 45.7 Å². The Bertz CT molecular complexity index is 932. The molecule has 1 saturated heterocycles. The molecule has 3 heterocycles. The Morgan fingerprint density at radius 2 is 2.08 bits per heavy atom. The largest absolute Gasteiger partial charge is 0.423 e. The van der Waals surface area contributed by atoms with Gasteiger partial charge in [0.15, 0.2) is 0 Å². The van der Waals surface area contributed by atoms with Crippen LogP contribution in [0.1, 0.15) is 47.9 Å². The Morgan fingerprint density at radius 1 is 1.23 bits per heavy atom. The van der Waals surface area contributed by atoms with Crippen LogP contribution in [0.5, 0.6) is 0 Å². The molecular weight excluding hydrogens is 332 g/mol. The molecule has 134 valence electrons. The van der Waals surface area contributed by atoms with Gasteiger partial charge in [-0.05, 0) is 5.39 Å². The number of amides is 1. The van der Waals surface area contributed by atoms with Crippen LogP contribution in [-0.2, 0) is 4.74 Å². The maximum atomic E-state index is 13.3. The first-order chi connectivity index (χ1) is 12.6. The Kier molecular flexibility index (Phi) is 4.38. The molecule has 1 fully saturated rings. The van der Waals surface area contributed by atoms with Crippen molar-refractivity contribution in [1.82, 2.24) is 20.1 Å². The standard InChI is InChI=1S/C19H20N4O3/c1-12(2)17-21-22-18(26-17)16-11-25-8-7-23(16)19(24)15-10-20-9-13-5-3-4-6-14(13)15/h3-6,9-10,12,16H,7-8,11H2,1-2H3. The van der Waals surface area contributed by atoms with Crippen LogP contribution >= 0.6 is 0 Å². The number of benzene rings is 1. The molecule has 1 unspecified atom stereocenters. The van der Waals surface area contributed by atoms with Crippen molar-refractivity contribution in [2.45, 2.75) is 25.8 Å². The monoisotopic (exact) mass is 352 g/mol. The Hall–Kier alpha value is -2.80. The summed E-state index contributed by atoms with van der Waals surface area (Å²) >= 11 is 0. The fourth-order valence-corrected chi connectivity index (χ4v) is 3.11. The summed E-state index contributed by atoms with van der Waals surface area (Å²) in [6.45, 7) is 5.25. The average Bonchev–Trinajstić information content (AvgIpc) is 3.17. The molecule has 1 atom stereocenters. The van der Waals surface area contributed by atoms with Crippen molar-refractivity contribution in [2.75, 3.05) is 19.8 Å². The Balaban J connectivity index is 1.70. The molecule has 0 bridgehead atoms. The highest BCUT2D eigenvalue weighted by molar-refractivity contribution is 6.06. The van der Waals surface area contributed by atoms with E-state index < -0.39 is 6.04 Å². The van der Waals surface area contributed by atoms with Crippen molar-refractivity contribution in [3.05, 3.63) is 54.0 Å². The number of carbonyl (C=O) groups excluding carboxylic acids is 1. The molecule has 1 amide bonds. The minimum absolute atomic E-state index is 0.105. The number of ether oxygens (including phenoxy) is 1. The molecule has 0 N–H and O–H groups in total. The van der Waals surface area contributed by atoms with E-state index in [-0.39, 0.29) is 11.8 Å². The minimum Gasteiger partial charge on any atom is -0.423 e. The highest BCUT2D eigenvalue weighted by Crippen LogP contribution is 2.28. The number of fused-ring (bicyclic) bond motifs is 1. The zero-order valence-electron chi connectivity index (χ0n) is 14.8. The number of hydrogen-bond donors (Lipinski definition) is 0. The van der Waals surface area contributed by atoms with Gasteiger partial charge in [0.2, 0.25) is 11.8 Å². The second kappa shape index (κ2) is 6.84. The van der Waals surface area contributed by atoms with Gasteiger partial charge in [0.05, 0.1) is 18.8 Å². The van der Waals surface area contributed by atoms with Crippen LogP contribution < -0.4 is 0 Å². The SMILES string of the molecule is CC(C)c1nnc(C2COCCN2C(=O)c2cncc3ccccc23)o1. The lowest BCUT2D eigenvalue weighted by molar-refractivity contribution is -0.0107. The third-order valence-electron chi connectivity index (χ3n) is 4.52. The Morgan fingerprint density at radius 3 is 2.88 bits per heavy atom. The minimum atomic E-state index is -0.393. The van der Waals surface area contributed by atoms with Gasteiger partial charge in [-0.1, -0.05) is 38.1 Å². The van der Waals surface area contributed by atoms with Gasteiger partial charge in [-0.2, -0.15) is 0 Å². The van der Waals surface area contributed by atoms with Crippen LogP contribution in [0, 0.1) is 0 Å². The zero-order chi connectivity index (χ0) is 18.1. The molecule has 1 aliphatic heterocycles. The number of aromatic nitrogens is 3. The molecule has 7 nitrogen and oxygen atoms in total. The number of rotatable bonds is 3. The number of pyridine rings is 1. The summed E-state index contributed by atoms with van der Waals surface area (Å²) in [5, 5.41) is 10.0. The lowest BCUT2D eigenvalue weighted by atomic mass is 10.1. The molecule has 1 aromatic carbocycles. The summed E-state index contributed by atoms with van der Waals surface area (Å²) in [6.07, 6.45) is 3.38. The molecule has 0 spiro atoms. The van der Waals surface area contributed by atoms with E-state index in [2.05, 4.69) is 15.2 Å². The summed E-state index contributed by atoms with van der Waals surface area (Å²) in [4.78, 5) is 19.2. The molecule has 0 radical (unpaired) electrons. The summed E-state index contributed by atoms with van der Waals surface area (Å²) in [5.74, 6) is 0.999. The maximum Gasteiger partial charge on any atom is 0.256 e. The van der Waals surface area contributed by atoms with E-state index in [1.54, 1.807) is 17.3 Å². The summed E-state index contributed by atoms with van der Waals surface area (Å²) in [7, 11) is 0. The predicted molar refractivity (Wildman–Crippen MR) is 94.7 cm³/mol. The highest BCUT2D eigenvalue weighted by atomic mass is 16.5. The summed E-state index contributed by atoms with van der Waals surface area (Å²) in [6, 6.07) is 7.34. The van der Waals surface area contributed by atoms with E-state index >= 15 is 0 Å². The maximum absolute atomic E-state index is 13.3. The molecule has 26 heavy (non-hydrogen) atoms. The molecule has 3 aromatic rings. The third-order valence-corrected chi connectivity index (χ3v) is 4.52. The van der Waals surface area contributed by atoms with E-state index in [4.69, 9.17) is 9.15 Å². The van der Waals surface area contributed by atoms with Crippen molar-refractivity contribution in [3.8, 4) is 0 Å².